The fourth-order valence-corrected chi connectivity index (χ4v) is 1.58. The molecule has 0 heterocycles. The lowest BCUT2D eigenvalue weighted by atomic mass is 9.98. The standard InChI is InChI=1S/C12H17NO3/c1-8(7-14)9-5-4-6-10(11(9)16-3)12(15)13-2/h4-6,8,14H,7H2,1-3H3,(H,13,15). The maximum absolute atomic E-state index is 11.6. The van der Waals surface area contributed by atoms with Crippen LogP contribution in [0.15, 0.2) is 18.2 Å². The van der Waals surface area contributed by atoms with Crippen LogP contribution in [0.2, 0.25) is 0 Å². The molecule has 88 valence electrons. The lowest BCUT2D eigenvalue weighted by Crippen LogP contribution is -2.19. The van der Waals surface area contributed by atoms with Crippen LogP contribution in [0.3, 0.4) is 0 Å². The number of benzene rings is 1. The first kappa shape index (κ1) is 12.5. The third-order valence-electron chi connectivity index (χ3n) is 2.53. The Kier molecular flexibility index (Phi) is 4.31. The fraction of sp³-hybridized carbons (Fsp3) is 0.417. The Bertz CT molecular complexity index is 377. The molecule has 1 unspecified atom stereocenters. The molecule has 1 atom stereocenters. The third-order valence-corrected chi connectivity index (χ3v) is 2.53. The quantitative estimate of drug-likeness (QED) is 0.805. The van der Waals surface area contributed by atoms with Crippen molar-refractivity contribution in [2.75, 3.05) is 20.8 Å². The van der Waals surface area contributed by atoms with Gasteiger partial charge in [0.1, 0.15) is 5.75 Å². The first-order valence-corrected chi connectivity index (χ1v) is 5.15. The van der Waals surface area contributed by atoms with Gasteiger partial charge in [-0.1, -0.05) is 19.1 Å². The third kappa shape index (κ3) is 2.33. The SMILES string of the molecule is CNC(=O)c1cccc(C(C)CO)c1OC. The minimum absolute atomic E-state index is 0.0214. The number of carbonyl (C=O) groups excluding carboxylic acids is 1. The van der Waals surface area contributed by atoms with E-state index < -0.39 is 0 Å². The zero-order valence-electron chi connectivity index (χ0n) is 9.78. The van der Waals surface area contributed by atoms with Gasteiger partial charge in [-0.2, -0.15) is 0 Å². The van der Waals surface area contributed by atoms with Crippen LogP contribution in [0.4, 0.5) is 0 Å². The Balaban J connectivity index is 3.25. The predicted molar refractivity (Wildman–Crippen MR) is 61.9 cm³/mol. The van der Waals surface area contributed by atoms with E-state index in [1.807, 2.05) is 13.0 Å². The van der Waals surface area contributed by atoms with Crippen molar-refractivity contribution in [1.82, 2.24) is 5.32 Å². The van der Waals surface area contributed by atoms with Gasteiger partial charge in [0.2, 0.25) is 0 Å². The van der Waals surface area contributed by atoms with Gasteiger partial charge in [0, 0.05) is 25.1 Å². The number of nitrogens with one attached hydrogen (secondary N) is 1. The van der Waals surface area contributed by atoms with Crippen LogP contribution in [0.1, 0.15) is 28.8 Å². The van der Waals surface area contributed by atoms with Gasteiger partial charge in [0.05, 0.1) is 12.7 Å². The molecule has 0 spiro atoms. The second-order valence-electron chi connectivity index (χ2n) is 3.59. The van der Waals surface area contributed by atoms with Gasteiger partial charge in [-0.25, -0.2) is 0 Å². The van der Waals surface area contributed by atoms with Crippen molar-refractivity contribution in [3.05, 3.63) is 29.3 Å². The Morgan fingerprint density at radius 1 is 1.56 bits per heavy atom. The molecule has 1 rings (SSSR count). The number of rotatable bonds is 4. The number of aliphatic hydroxyl groups excluding tert-OH is 1. The number of hydrogen-bond donors (Lipinski definition) is 2. The molecule has 2 N–H and O–H groups in total. The number of ether oxygens (including phenoxy) is 1. The Hall–Kier alpha value is -1.55. The van der Waals surface area contributed by atoms with E-state index >= 15 is 0 Å². The van der Waals surface area contributed by atoms with Crippen molar-refractivity contribution < 1.29 is 14.6 Å². The van der Waals surface area contributed by atoms with Crippen LogP contribution in [-0.4, -0.2) is 31.8 Å². The van der Waals surface area contributed by atoms with Crippen LogP contribution in [0.25, 0.3) is 0 Å². The maximum atomic E-state index is 11.6. The second kappa shape index (κ2) is 5.51. The van der Waals surface area contributed by atoms with Gasteiger partial charge in [0.15, 0.2) is 0 Å². The van der Waals surface area contributed by atoms with Crippen LogP contribution in [-0.2, 0) is 0 Å². The summed E-state index contributed by atoms with van der Waals surface area (Å²) < 4.78 is 5.25. The molecule has 0 aromatic heterocycles. The summed E-state index contributed by atoms with van der Waals surface area (Å²) in [5, 5.41) is 11.7. The summed E-state index contributed by atoms with van der Waals surface area (Å²) in [6.45, 7) is 1.90. The summed E-state index contributed by atoms with van der Waals surface area (Å²) in [6.07, 6.45) is 0. The van der Waals surface area contributed by atoms with Crippen molar-refractivity contribution in [3.63, 3.8) is 0 Å². The zero-order valence-corrected chi connectivity index (χ0v) is 9.78. The average molecular weight is 223 g/mol. The first-order valence-electron chi connectivity index (χ1n) is 5.15. The van der Waals surface area contributed by atoms with Gasteiger partial charge >= 0.3 is 0 Å². The van der Waals surface area contributed by atoms with Gasteiger partial charge in [-0.3, -0.25) is 4.79 Å². The van der Waals surface area contributed by atoms with Crippen molar-refractivity contribution in [2.24, 2.45) is 0 Å². The molecule has 0 bridgehead atoms. The van der Waals surface area contributed by atoms with E-state index in [4.69, 9.17) is 9.84 Å². The summed E-state index contributed by atoms with van der Waals surface area (Å²) in [4.78, 5) is 11.6. The molecule has 0 aliphatic heterocycles. The van der Waals surface area contributed by atoms with E-state index in [0.29, 0.717) is 11.3 Å². The van der Waals surface area contributed by atoms with E-state index in [-0.39, 0.29) is 18.4 Å². The van der Waals surface area contributed by atoms with E-state index in [2.05, 4.69) is 5.32 Å². The van der Waals surface area contributed by atoms with E-state index in [9.17, 15) is 4.79 Å². The predicted octanol–water partition coefficient (Wildman–Crippen LogP) is 1.15. The molecular formula is C12H17NO3. The van der Waals surface area contributed by atoms with E-state index in [0.717, 1.165) is 5.56 Å². The second-order valence-corrected chi connectivity index (χ2v) is 3.59. The van der Waals surface area contributed by atoms with E-state index in [1.165, 1.54) is 7.11 Å². The number of aliphatic hydroxyl groups is 1. The largest absolute Gasteiger partial charge is 0.496 e. The number of hydrogen-bond acceptors (Lipinski definition) is 3. The lowest BCUT2D eigenvalue weighted by Gasteiger charge is -2.16. The summed E-state index contributed by atoms with van der Waals surface area (Å²) in [7, 11) is 3.10. The lowest BCUT2D eigenvalue weighted by molar-refractivity contribution is 0.0959. The summed E-state index contributed by atoms with van der Waals surface area (Å²) in [5.74, 6) is 0.284. The maximum Gasteiger partial charge on any atom is 0.254 e. The first-order chi connectivity index (χ1) is 7.65. The monoisotopic (exact) mass is 223 g/mol. The zero-order chi connectivity index (χ0) is 12.1. The minimum atomic E-state index is -0.191. The smallest absolute Gasteiger partial charge is 0.254 e. The Morgan fingerprint density at radius 3 is 2.75 bits per heavy atom. The van der Waals surface area contributed by atoms with Crippen LogP contribution in [0, 0.1) is 0 Å². The molecule has 1 aromatic carbocycles. The van der Waals surface area contributed by atoms with Crippen molar-refractivity contribution >= 4 is 5.91 Å². The van der Waals surface area contributed by atoms with Gasteiger partial charge in [-0.05, 0) is 6.07 Å². The molecule has 0 radical (unpaired) electrons. The molecule has 16 heavy (non-hydrogen) atoms. The van der Waals surface area contributed by atoms with Crippen molar-refractivity contribution in [2.45, 2.75) is 12.8 Å². The molecule has 1 amide bonds. The average Bonchev–Trinajstić information content (AvgIpc) is 2.35. The van der Waals surface area contributed by atoms with Gasteiger partial charge in [-0.15, -0.1) is 0 Å². The molecule has 0 saturated carbocycles. The van der Waals surface area contributed by atoms with Gasteiger partial charge in [0.25, 0.3) is 5.91 Å². The highest BCUT2D eigenvalue weighted by molar-refractivity contribution is 5.97. The summed E-state index contributed by atoms with van der Waals surface area (Å²) >= 11 is 0. The Labute approximate surface area is 95.2 Å². The molecule has 4 nitrogen and oxygen atoms in total. The topological polar surface area (TPSA) is 58.6 Å². The van der Waals surface area contributed by atoms with Crippen LogP contribution in [0.5, 0.6) is 5.75 Å². The highest BCUT2D eigenvalue weighted by Gasteiger charge is 2.17. The summed E-state index contributed by atoms with van der Waals surface area (Å²) in [6, 6.07) is 5.34. The normalized spacial score (nSPS) is 12.0. The molecule has 0 saturated heterocycles. The van der Waals surface area contributed by atoms with Gasteiger partial charge < -0.3 is 15.2 Å². The van der Waals surface area contributed by atoms with Crippen molar-refractivity contribution in [3.8, 4) is 5.75 Å². The molecule has 0 fully saturated rings. The van der Waals surface area contributed by atoms with Crippen LogP contribution >= 0.6 is 0 Å². The van der Waals surface area contributed by atoms with E-state index in [1.54, 1.807) is 19.2 Å². The molecular weight excluding hydrogens is 206 g/mol. The number of methoxy groups -OCH3 is 1. The fourth-order valence-electron chi connectivity index (χ4n) is 1.58. The highest BCUT2D eigenvalue weighted by Crippen LogP contribution is 2.29. The minimum Gasteiger partial charge on any atom is -0.496 e. The molecule has 0 aliphatic carbocycles. The number of para-hydroxylation sites is 1. The molecule has 1 aromatic rings. The molecule has 0 aliphatic rings. The summed E-state index contributed by atoms with van der Waals surface area (Å²) in [5.41, 5.74) is 1.33. The number of carbonyl (C=O) groups is 1. The van der Waals surface area contributed by atoms with Crippen LogP contribution < -0.4 is 10.1 Å². The Morgan fingerprint density at radius 2 is 2.25 bits per heavy atom. The molecule has 4 heteroatoms. The highest BCUT2D eigenvalue weighted by atomic mass is 16.5. The number of amides is 1. The van der Waals surface area contributed by atoms with Crippen molar-refractivity contribution in [1.29, 1.82) is 0 Å².